The Kier molecular flexibility index (Phi) is 4.85. The summed E-state index contributed by atoms with van der Waals surface area (Å²) in [4.78, 5) is 1.95. The lowest BCUT2D eigenvalue weighted by atomic mass is 9.98. The summed E-state index contributed by atoms with van der Waals surface area (Å²) in [5, 5.41) is 10.7. The fourth-order valence-corrected chi connectivity index (χ4v) is 4.97. The number of benzene rings is 1. The molecule has 0 radical (unpaired) electrons. The molecule has 1 heterocycles. The molecule has 5 heteroatoms. The van der Waals surface area contributed by atoms with E-state index in [1.54, 1.807) is 18.9 Å². The van der Waals surface area contributed by atoms with Crippen molar-refractivity contribution in [1.29, 1.82) is 0 Å². The van der Waals surface area contributed by atoms with Gasteiger partial charge >= 0.3 is 0 Å². The van der Waals surface area contributed by atoms with Crippen LogP contribution in [0, 0.1) is 0 Å². The topological polar surface area (TPSA) is 32.7 Å². The van der Waals surface area contributed by atoms with Crippen molar-refractivity contribution >= 4 is 28.3 Å². The first-order valence-corrected chi connectivity index (χ1v) is 8.32. The molecule has 21 heavy (non-hydrogen) atoms. The van der Waals surface area contributed by atoms with Crippen molar-refractivity contribution in [2.24, 2.45) is 0 Å². The van der Waals surface area contributed by atoms with Crippen LogP contribution in [-0.2, 0) is 6.42 Å². The van der Waals surface area contributed by atoms with Crippen molar-refractivity contribution in [1.82, 2.24) is 4.90 Å². The minimum Gasteiger partial charge on any atom is -0.497 e. The van der Waals surface area contributed by atoms with Crippen molar-refractivity contribution in [3.63, 3.8) is 0 Å². The number of ether oxygens (including phenoxy) is 1. The van der Waals surface area contributed by atoms with Crippen molar-refractivity contribution in [3.05, 3.63) is 29.8 Å². The lowest BCUT2D eigenvalue weighted by molar-refractivity contribution is -0.0645. The van der Waals surface area contributed by atoms with Gasteiger partial charge in [0.15, 0.2) is 0 Å². The number of rotatable bonds is 4. The molecule has 0 spiro atoms. The maximum atomic E-state index is 10.7. The highest BCUT2D eigenvalue weighted by Crippen LogP contribution is 2.42. The fraction of sp³-hybridized carbons (Fsp3) is 0.562. The van der Waals surface area contributed by atoms with Crippen LogP contribution in [0.15, 0.2) is 24.3 Å². The van der Waals surface area contributed by atoms with Gasteiger partial charge < -0.3 is 14.7 Å². The third kappa shape index (κ3) is 4.11. The normalized spacial score (nSPS) is 25.0. The summed E-state index contributed by atoms with van der Waals surface area (Å²) in [5.74, 6) is 0.858. The van der Waals surface area contributed by atoms with Gasteiger partial charge in [-0.05, 0) is 31.0 Å². The number of thiocarbonyl (C=S) groups is 1. The summed E-state index contributed by atoms with van der Waals surface area (Å²) in [6.07, 6.45) is 1.55. The molecule has 1 aliphatic heterocycles. The van der Waals surface area contributed by atoms with Gasteiger partial charge in [0.05, 0.1) is 7.11 Å². The molecule has 1 saturated heterocycles. The lowest BCUT2D eigenvalue weighted by Crippen LogP contribution is -2.56. The second-order valence-corrected chi connectivity index (χ2v) is 8.61. The monoisotopic (exact) mass is 325 g/mol. The zero-order valence-corrected chi connectivity index (χ0v) is 14.7. The number of thioether (sulfide) groups is 1. The minimum absolute atomic E-state index is 0.0167. The van der Waals surface area contributed by atoms with Crippen LogP contribution in [0.25, 0.3) is 0 Å². The molecule has 0 bridgehead atoms. The molecule has 0 aromatic heterocycles. The Hall–Kier alpha value is -0.780. The zero-order valence-electron chi connectivity index (χ0n) is 13.0. The van der Waals surface area contributed by atoms with E-state index >= 15 is 0 Å². The van der Waals surface area contributed by atoms with Gasteiger partial charge in [0.2, 0.25) is 0 Å². The smallest absolute Gasteiger partial charge is 0.139 e. The van der Waals surface area contributed by atoms with E-state index in [0.29, 0.717) is 6.42 Å². The first-order valence-electron chi connectivity index (χ1n) is 7.09. The van der Waals surface area contributed by atoms with Crippen LogP contribution in [-0.4, -0.2) is 38.5 Å². The van der Waals surface area contributed by atoms with Crippen LogP contribution in [0.1, 0.15) is 32.8 Å². The first kappa shape index (κ1) is 16.6. The van der Waals surface area contributed by atoms with Gasteiger partial charge in [-0.25, -0.2) is 0 Å². The van der Waals surface area contributed by atoms with Gasteiger partial charge in [-0.3, -0.25) is 0 Å². The Morgan fingerprint density at radius 3 is 2.43 bits per heavy atom. The summed E-state index contributed by atoms with van der Waals surface area (Å²) in [6, 6.07) is 8.02. The number of methoxy groups -OCH3 is 1. The van der Waals surface area contributed by atoms with Crippen LogP contribution in [0.3, 0.4) is 0 Å². The molecule has 116 valence electrons. The summed E-state index contributed by atoms with van der Waals surface area (Å²) < 4.78 is 5.93. The fourth-order valence-electron chi connectivity index (χ4n) is 2.79. The summed E-state index contributed by atoms with van der Waals surface area (Å²) in [6.45, 7) is 6.83. The third-order valence-corrected chi connectivity index (χ3v) is 5.27. The van der Waals surface area contributed by atoms with E-state index in [4.69, 9.17) is 17.0 Å². The summed E-state index contributed by atoms with van der Waals surface area (Å²) in [7, 11) is 1.66. The second kappa shape index (κ2) is 6.15. The molecule has 0 unspecified atom stereocenters. The van der Waals surface area contributed by atoms with E-state index < -0.39 is 5.72 Å². The van der Waals surface area contributed by atoms with E-state index in [2.05, 4.69) is 26.0 Å². The largest absolute Gasteiger partial charge is 0.497 e. The molecule has 2 rings (SSSR count). The Bertz CT molecular complexity index is 512. The molecule has 1 N–H and O–H groups in total. The number of hydrogen-bond donors (Lipinski definition) is 1. The van der Waals surface area contributed by atoms with Crippen LogP contribution in [0.5, 0.6) is 5.75 Å². The van der Waals surface area contributed by atoms with Gasteiger partial charge in [0.25, 0.3) is 0 Å². The van der Waals surface area contributed by atoms with Gasteiger partial charge in [0.1, 0.15) is 15.8 Å². The van der Waals surface area contributed by atoms with Crippen molar-refractivity contribution in [2.45, 2.75) is 44.1 Å². The maximum Gasteiger partial charge on any atom is 0.139 e. The Morgan fingerprint density at radius 1 is 1.29 bits per heavy atom. The predicted molar refractivity (Wildman–Crippen MR) is 92.9 cm³/mol. The minimum atomic E-state index is -0.877. The molecule has 3 nitrogen and oxygen atoms in total. The molecule has 0 amide bonds. The number of aliphatic hydroxyl groups is 1. The van der Waals surface area contributed by atoms with Crippen LogP contribution in [0.4, 0.5) is 0 Å². The average molecular weight is 325 g/mol. The van der Waals surface area contributed by atoms with Gasteiger partial charge in [-0.2, -0.15) is 0 Å². The molecule has 1 aromatic carbocycles. The standard InChI is InChI=1S/C16H23NO2S2/c1-15(2)11-16(3,18)17(14(20)21-15)10-9-12-5-7-13(19-4)8-6-12/h5-8,18H,9-11H2,1-4H3/t16-/m1/s1. The highest BCUT2D eigenvalue weighted by Gasteiger charge is 2.43. The predicted octanol–water partition coefficient (Wildman–Crippen LogP) is 3.45. The van der Waals surface area contributed by atoms with Crippen LogP contribution in [0.2, 0.25) is 0 Å². The quantitative estimate of drug-likeness (QED) is 0.857. The van der Waals surface area contributed by atoms with Crippen LogP contribution >= 0.6 is 24.0 Å². The van der Waals surface area contributed by atoms with Crippen LogP contribution < -0.4 is 4.74 Å². The molecule has 1 fully saturated rings. The van der Waals surface area contributed by atoms with E-state index in [9.17, 15) is 5.11 Å². The summed E-state index contributed by atoms with van der Waals surface area (Å²) >= 11 is 7.16. The Balaban J connectivity index is 2.02. The lowest BCUT2D eigenvalue weighted by Gasteiger charge is -2.48. The van der Waals surface area contributed by atoms with E-state index in [1.165, 1.54) is 5.56 Å². The molecule has 0 saturated carbocycles. The molecule has 0 aliphatic carbocycles. The van der Waals surface area contributed by atoms with Crippen molar-refractivity contribution in [3.8, 4) is 5.75 Å². The summed E-state index contributed by atoms with van der Waals surface area (Å²) in [5.41, 5.74) is 0.336. The van der Waals surface area contributed by atoms with E-state index in [-0.39, 0.29) is 4.75 Å². The van der Waals surface area contributed by atoms with Crippen molar-refractivity contribution < 1.29 is 9.84 Å². The van der Waals surface area contributed by atoms with Crippen molar-refractivity contribution in [2.75, 3.05) is 13.7 Å². The second-order valence-electron chi connectivity index (χ2n) is 6.27. The van der Waals surface area contributed by atoms with Gasteiger partial charge in [0, 0.05) is 17.7 Å². The SMILES string of the molecule is COc1ccc(CCN2C(=S)SC(C)(C)C[C@@]2(C)O)cc1. The van der Waals surface area contributed by atoms with Gasteiger partial charge in [-0.15, -0.1) is 0 Å². The molecule has 1 atom stereocenters. The molecule has 1 aliphatic rings. The third-order valence-electron chi connectivity index (χ3n) is 3.71. The highest BCUT2D eigenvalue weighted by molar-refractivity contribution is 8.23. The number of hydrogen-bond acceptors (Lipinski definition) is 4. The Labute approximate surface area is 136 Å². The highest BCUT2D eigenvalue weighted by atomic mass is 32.2. The average Bonchev–Trinajstić information content (AvgIpc) is 2.36. The van der Waals surface area contributed by atoms with E-state index in [1.807, 2.05) is 24.0 Å². The molecule has 1 aromatic rings. The number of nitrogens with zero attached hydrogens (tertiary/aromatic N) is 1. The zero-order chi connectivity index (χ0) is 15.7. The Morgan fingerprint density at radius 2 is 1.90 bits per heavy atom. The first-order chi connectivity index (χ1) is 9.73. The van der Waals surface area contributed by atoms with E-state index in [0.717, 1.165) is 23.0 Å². The maximum absolute atomic E-state index is 10.7. The molecular formula is C16H23NO2S2. The van der Waals surface area contributed by atoms with Gasteiger partial charge in [-0.1, -0.05) is 50.0 Å². The molecular weight excluding hydrogens is 302 g/mol.